The summed E-state index contributed by atoms with van der Waals surface area (Å²) in [6, 6.07) is 15.2. The van der Waals surface area contributed by atoms with E-state index in [4.69, 9.17) is 9.72 Å². The van der Waals surface area contributed by atoms with Gasteiger partial charge in [0.2, 0.25) is 0 Å². The minimum absolute atomic E-state index is 0.270. The molecule has 0 saturated carbocycles. The molecule has 2 aromatic heterocycles. The van der Waals surface area contributed by atoms with E-state index in [1.165, 1.54) is 0 Å². The number of carbonyl (C=O) groups is 1. The second-order valence-electron chi connectivity index (χ2n) is 6.76. The van der Waals surface area contributed by atoms with Crippen molar-refractivity contribution in [2.75, 3.05) is 43.0 Å². The van der Waals surface area contributed by atoms with Crippen LogP contribution in [0.4, 0.5) is 17.3 Å². The van der Waals surface area contributed by atoms with E-state index < -0.39 is 5.97 Å². The number of piperazine rings is 1. The van der Waals surface area contributed by atoms with E-state index in [1.807, 2.05) is 48.5 Å². The summed E-state index contributed by atoms with van der Waals surface area (Å²) in [5, 5.41) is 6.61. The van der Waals surface area contributed by atoms with Gasteiger partial charge in [0, 0.05) is 38.1 Å². The number of pyridine rings is 1. The minimum atomic E-state index is -0.447. The Labute approximate surface area is 175 Å². The van der Waals surface area contributed by atoms with Crippen molar-refractivity contribution >= 4 is 23.3 Å². The Kier molecular flexibility index (Phi) is 6.14. The lowest BCUT2D eigenvalue weighted by Gasteiger charge is -2.30. The molecule has 8 heteroatoms. The van der Waals surface area contributed by atoms with Crippen LogP contribution in [0.5, 0.6) is 0 Å². The molecule has 3 heterocycles. The first-order valence-corrected chi connectivity index (χ1v) is 10.0. The van der Waals surface area contributed by atoms with Gasteiger partial charge in [0.1, 0.15) is 17.1 Å². The van der Waals surface area contributed by atoms with E-state index in [1.54, 1.807) is 13.1 Å². The minimum Gasteiger partial charge on any atom is -0.462 e. The Morgan fingerprint density at radius 3 is 2.57 bits per heavy atom. The molecule has 8 nitrogen and oxygen atoms in total. The van der Waals surface area contributed by atoms with Crippen molar-refractivity contribution in [2.24, 2.45) is 0 Å². The van der Waals surface area contributed by atoms with Crippen LogP contribution >= 0.6 is 0 Å². The number of aromatic nitrogens is 3. The smallest absolute Gasteiger partial charge is 0.345 e. The van der Waals surface area contributed by atoms with E-state index in [9.17, 15) is 4.79 Å². The summed E-state index contributed by atoms with van der Waals surface area (Å²) < 4.78 is 5.37. The van der Waals surface area contributed by atoms with Crippen molar-refractivity contribution in [2.45, 2.75) is 6.92 Å². The van der Waals surface area contributed by atoms with Crippen LogP contribution in [0.2, 0.25) is 0 Å². The van der Waals surface area contributed by atoms with E-state index >= 15 is 0 Å². The highest BCUT2D eigenvalue weighted by molar-refractivity contribution is 6.01. The molecule has 0 amide bonds. The third-order valence-electron chi connectivity index (χ3n) is 4.72. The maximum Gasteiger partial charge on any atom is 0.345 e. The number of carbonyl (C=O) groups excluding carboxylic acids is 1. The zero-order chi connectivity index (χ0) is 20.8. The van der Waals surface area contributed by atoms with Crippen LogP contribution in [-0.4, -0.2) is 53.7 Å². The SMILES string of the molecule is CCOC(=O)c1c(Nc2ccccc2)nc(-c2ccccn2)nc1N1CCNCC1. The van der Waals surface area contributed by atoms with Gasteiger partial charge < -0.3 is 20.3 Å². The van der Waals surface area contributed by atoms with Gasteiger partial charge in [-0.1, -0.05) is 24.3 Å². The number of benzene rings is 1. The molecule has 1 saturated heterocycles. The van der Waals surface area contributed by atoms with Crippen LogP contribution in [0, 0.1) is 0 Å². The molecular weight excluding hydrogens is 380 g/mol. The maximum atomic E-state index is 13.0. The first-order chi connectivity index (χ1) is 14.8. The van der Waals surface area contributed by atoms with E-state index in [0.29, 0.717) is 28.7 Å². The molecule has 1 aliphatic rings. The van der Waals surface area contributed by atoms with Gasteiger partial charge in [-0.25, -0.2) is 14.8 Å². The molecule has 1 aliphatic heterocycles. The molecule has 0 aliphatic carbocycles. The molecule has 3 aromatic rings. The lowest BCUT2D eigenvalue weighted by Crippen LogP contribution is -2.44. The van der Waals surface area contributed by atoms with Crippen LogP contribution in [0.3, 0.4) is 0 Å². The van der Waals surface area contributed by atoms with Gasteiger partial charge in [-0.15, -0.1) is 0 Å². The number of hydrogen-bond acceptors (Lipinski definition) is 8. The van der Waals surface area contributed by atoms with Gasteiger partial charge in [0.05, 0.1) is 6.61 Å². The average molecular weight is 404 g/mol. The van der Waals surface area contributed by atoms with Crippen molar-refractivity contribution in [3.63, 3.8) is 0 Å². The number of nitrogens with one attached hydrogen (secondary N) is 2. The second kappa shape index (κ2) is 9.32. The van der Waals surface area contributed by atoms with Crippen LogP contribution in [0.25, 0.3) is 11.5 Å². The Morgan fingerprint density at radius 2 is 1.87 bits per heavy atom. The molecule has 1 fully saturated rings. The zero-order valence-corrected chi connectivity index (χ0v) is 16.8. The first-order valence-electron chi connectivity index (χ1n) is 10.0. The summed E-state index contributed by atoms with van der Waals surface area (Å²) in [6.07, 6.45) is 1.70. The molecule has 0 spiro atoms. The predicted octanol–water partition coefficient (Wildman–Crippen LogP) is 2.87. The zero-order valence-electron chi connectivity index (χ0n) is 16.8. The fourth-order valence-electron chi connectivity index (χ4n) is 3.30. The Balaban J connectivity index is 1.88. The van der Waals surface area contributed by atoms with Crippen LogP contribution in [0.1, 0.15) is 17.3 Å². The Morgan fingerprint density at radius 1 is 1.10 bits per heavy atom. The lowest BCUT2D eigenvalue weighted by atomic mass is 10.2. The van der Waals surface area contributed by atoms with Crippen molar-refractivity contribution in [3.05, 3.63) is 60.3 Å². The van der Waals surface area contributed by atoms with Gasteiger partial charge >= 0.3 is 5.97 Å². The fourth-order valence-corrected chi connectivity index (χ4v) is 3.30. The number of para-hydroxylation sites is 1. The largest absolute Gasteiger partial charge is 0.462 e. The summed E-state index contributed by atoms with van der Waals surface area (Å²) in [5.41, 5.74) is 1.79. The molecule has 4 rings (SSSR count). The van der Waals surface area contributed by atoms with Gasteiger partial charge in [-0.3, -0.25) is 4.98 Å². The molecule has 0 radical (unpaired) electrons. The standard InChI is InChI=1S/C22H24N6O2/c1-2-30-22(29)18-20(25-16-8-4-3-5-9-16)26-19(17-10-6-7-11-24-17)27-21(18)28-14-12-23-13-15-28/h3-11,23H,2,12-15H2,1H3,(H,25,26,27). The topological polar surface area (TPSA) is 92.3 Å². The van der Waals surface area contributed by atoms with Crippen molar-refractivity contribution < 1.29 is 9.53 Å². The van der Waals surface area contributed by atoms with Crippen LogP contribution < -0.4 is 15.5 Å². The normalized spacial score (nSPS) is 13.7. The van der Waals surface area contributed by atoms with Gasteiger partial charge in [0.25, 0.3) is 0 Å². The number of nitrogens with zero attached hydrogens (tertiary/aromatic N) is 4. The van der Waals surface area contributed by atoms with Crippen molar-refractivity contribution in [1.82, 2.24) is 20.3 Å². The fraction of sp³-hybridized carbons (Fsp3) is 0.273. The van der Waals surface area contributed by atoms with Crippen LogP contribution in [0.15, 0.2) is 54.7 Å². The molecule has 0 unspecified atom stereocenters. The van der Waals surface area contributed by atoms with Crippen molar-refractivity contribution in [1.29, 1.82) is 0 Å². The molecule has 0 atom stereocenters. The number of esters is 1. The molecule has 154 valence electrons. The monoisotopic (exact) mass is 404 g/mol. The molecule has 1 aromatic carbocycles. The number of rotatable bonds is 6. The highest BCUT2D eigenvalue weighted by Gasteiger charge is 2.27. The molecule has 30 heavy (non-hydrogen) atoms. The molecule has 2 N–H and O–H groups in total. The first kappa shape index (κ1) is 19.8. The summed E-state index contributed by atoms with van der Waals surface area (Å²) in [5.74, 6) is 0.973. The number of anilines is 3. The second-order valence-corrected chi connectivity index (χ2v) is 6.76. The average Bonchev–Trinajstić information content (AvgIpc) is 2.80. The lowest BCUT2D eigenvalue weighted by molar-refractivity contribution is 0.0527. The highest BCUT2D eigenvalue weighted by atomic mass is 16.5. The Hall–Kier alpha value is -3.52. The van der Waals surface area contributed by atoms with Gasteiger partial charge in [-0.05, 0) is 31.2 Å². The van der Waals surface area contributed by atoms with Crippen molar-refractivity contribution in [3.8, 4) is 11.5 Å². The molecular formula is C22H24N6O2. The van der Waals surface area contributed by atoms with E-state index in [-0.39, 0.29) is 6.61 Å². The molecule has 0 bridgehead atoms. The highest BCUT2D eigenvalue weighted by Crippen LogP contribution is 2.31. The number of hydrogen-bond donors (Lipinski definition) is 2. The third kappa shape index (κ3) is 4.38. The van der Waals surface area contributed by atoms with Gasteiger partial charge in [0.15, 0.2) is 11.6 Å². The predicted molar refractivity (Wildman–Crippen MR) is 116 cm³/mol. The quantitative estimate of drug-likeness (QED) is 0.606. The summed E-state index contributed by atoms with van der Waals surface area (Å²) in [7, 11) is 0. The summed E-state index contributed by atoms with van der Waals surface area (Å²) in [6.45, 7) is 5.15. The van der Waals surface area contributed by atoms with Crippen LogP contribution in [-0.2, 0) is 4.74 Å². The third-order valence-corrected chi connectivity index (χ3v) is 4.72. The maximum absolute atomic E-state index is 13.0. The van der Waals surface area contributed by atoms with Gasteiger partial charge in [-0.2, -0.15) is 0 Å². The Bertz CT molecular complexity index is 991. The number of ether oxygens (including phenoxy) is 1. The van der Waals surface area contributed by atoms with E-state index in [2.05, 4.69) is 25.5 Å². The summed E-state index contributed by atoms with van der Waals surface area (Å²) >= 11 is 0. The summed E-state index contributed by atoms with van der Waals surface area (Å²) in [4.78, 5) is 28.9. The van der Waals surface area contributed by atoms with E-state index in [0.717, 1.165) is 31.9 Å².